The average Bonchev–Trinajstić information content (AvgIpc) is 3.11. The second-order valence-corrected chi connectivity index (χ2v) is 7.35. The predicted molar refractivity (Wildman–Crippen MR) is 109 cm³/mol. The summed E-state index contributed by atoms with van der Waals surface area (Å²) in [6, 6.07) is 19.4. The minimum absolute atomic E-state index is 0.107. The summed E-state index contributed by atoms with van der Waals surface area (Å²) in [5.74, 6) is 1.21. The van der Waals surface area contributed by atoms with E-state index in [-0.39, 0.29) is 5.91 Å². The fourth-order valence-electron chi connectivity index (χ4n) is 3.66. The molecule has 0 aromatic heterocycles. The molecule has 30 heavy (non-hydrogen) atoms. The topological polar surface area (TPSA) is 29.5 Å². The first-order chi connectivity index (χ1) is 14.3. The molecule has 0 spiro atoms. The Bertz CT molecular complexity index is 1040. The normalized spacial score (nSPS) is 16.7. The fourth-order valence-corrected chi connectivity index (χ4v) is 3.66. The third-order valence-electron chi connectivity index (χ3n) is 5.18. The minimum Gasteiger partial charge on any atom is -0.457 e. The molecule has 3 nitrogen and oxygen atoms in total. The number of anilines is 1. The molecule has 1 heterocycles. The summed E-state index contributed by atoms with van der Waals surface area (Å²) in [7, 11) is 0. The smallest absolute Gasteiger partial charge is 0.416 e. The molecule has 0 N–H and O–H groups in total. The summed E-state index contributed by atoms with van der Waals surface area (Å²) in [5.41, 5.74) is 1.54. The molecule has 3 aromatic rings. The van der Waals surface area contributed by atoms with Crippen LogP contribution in [0.2, 0.25) is 0 Å². The van der Waals surface area contributed by atoms with Gasteiger partial charge in [0.1, 0.15) is 11.5 Å². The van der Waals surface area contributed by atoms with Crippen LogP contribution < -0.4 is 9.64 Å². The van der Waals surface area contributed by atoms with Crippen molar-refractivity contribution in [2.45, 2.75) is 32.0 Å². The first-order valence-corrected chi connectivity index (χ1v) is 9.65. The van der Waals surface area contributed by atoms with Crippen LogP contribution >= 0.6 is 0 Å². The number of hydrogen-bond donors (Lipinski definition) is 0. The van der Waals surface area contributed by atoms with Crippen LogP contribution in [-0.2, 0) is 11.0 Å². The molecular weight excluding hydrogens is 391 g/mol. The Morgan fingerprint density at radius 1 is 0.933 bits per heavy atom. The summed E-state index contributed by atoms with van der Waals surface area (Å²) in [6.07, 6.45) is -3.65. The number of rotatable bonds is 4. The van der Waals surface area contributed by atoms with Crippen LogP contribution in [0.3, 0.4) is 0 Å². The van der Waals surface area contributed by atoms with Crippen molar-refractivity contribution in [2.75, 3.05) is 4.90 Å². The molecule has 1 atom stereocenters. The van der Waals surface area contributed by atoms with Crippen molar-refractivity contribution in [3.63, 3.8) is 0 Å². The lowest BCUT2D eigenvalue weighted by molar-refractivity contribution is -0.137. The molecule has 3 aromatic carbocycles. The van der Waals surface area contributed by atoms with Gasteiger partial charge in [0.2, 0.25) is 5.91 Å². The average molecular weight is 411 g/mol. The van der Waals surface area contributed by atoms with Crippen LogP contribution in [0.4, 0.5) is 18.9 Å². The molecule has 1 amide bonds. The third kappa shape index (κ3) is 4.17. The summed E-state index contributed by atoms with van der Waals surface area (Å²) in [5, 5.41) is 0. The highest BCUT2D eigenvalue weighted by atomic mass is 19.4. The van der Waals surface area contributed by atoms with E-state index in [1.165, 1.54) is 6.07 Å². The second kappa shape index (κ2) is 7.86. The maximum Gasteiger partial charge on any atom is 0.416 e. The van der Waals surface area contributed by atoms with Crippen molar-refractivity contribution in [3.8, 4) is 11.5 Å². The first-order valence-electron chi connectivity index (χ1n) is 9.65. The summed E-state index contributed by atoms with van der Waals surface area (Å²) < 4.78 is 45.1. The number of benzene rings is 3. The number of carbonyl (C=O) groups is 1. The van der Waals surface area contributed by atoms with E-state index in [1.54, 1.807) is 35.2 Å². The van der Waals surface area contributed by atoms with Gasteiger partial charge in [-0.25, -0.2) is 0 Å². The van der Waals surface area contributed by atoms with Crippen LogP contribution in [0.15, 0.2) is 72.8 Å². The Kier molecular flexibility index (Phi) is 5.24. The van der Waals surface area contributed by atoms with Gasteiger partial charge in [0.15, 0.2) is 0 Å². The van der Waals surface area contributed by atoms with Crippen molar-refractivity contribution >= 4 is 11.6 Å². The van der Waals surface area contributed by atoms with E-state index in [9.17, 15) is 18.0 Å². The zero-order valence-corrected chi connectivity index (χ0v) is 16.3. The van der Waals surface area contributed by atoms with Crippen molar-refractivity contribution in [1.29, 1.82) is 0 Å². The van der Waals surface area contributed by atoms with E-state index >= 15 is 0 Å². The Morgan fingerprint density at radius 3 is 2.20 bits per heavy atom. The Hall–Kier alpha value is -3.28. The maximum atomic E-state index is 13.1. The van der Waals surface area contributed by atoms with Crippen molar-refractivity contribution < 1.29 is 22.7 Å². The lowest BCUT2D eigenvalue weighted by atomic mass is 10.0. The van der Waals surface area contributed by atoms with Crippen LogP contribution in [0, 0.1) is 6.92 Å². The molecule has 0 bridgehead atoms. The van der Waals surface area contributed by atoms with Gasteiger partial charge in [-0.05, 0) is 67.4 Å². The SMILES string of the molecule is Cc1ccc(Oc2ccc(N3C(=O)CCC3c3cccc(C(F)(F)F)c3)cc2)cc1. The van der Waals surface area contributed by atoms with Gasteiger partial charge in [0, 0.05) is 12.1 Å². The van der Waals surface area contributed by atoms with Crippen LogP contribution in [0.1, 0.15) is 35.6 Å². The molecule has 1 aliphatic heterocycles. The lowest BCUT2D eigenvalue weighted by Gasteiger charge is -2.26. The molecule has 0 aliphatic carbocycles. The molecule has 0 radical (unpaired) electrons. The van der Waals surface area contributed by atoms with Gasteiger partial charge in [-0.1, -0.05) is 29.8 Å². The summed E-state index contributed by atoms with van der Waals surface area (Å²) in [6.45, 7) is 1.99. The van der Waals surface area contributed by atoms with Crippen molar-refractivity contribution in [2.24, 2.45) is 0 Å². The van der Waals surface area contributed by atoms with E-state index in [2.05, 4.69) is 0 Å². The Labute approximate surface area is 172 Å². The van der Waals surface area contributed by atoms with Crippen molar-refractivity contribution in [3.05, 3.63) is 89.5 Å². The number of amides is 1. The van der Waals surface area contributed by atoms with Crippen molar-refractivity contribution in [1.82, 2.24) is 0 Å². The van der Waals surface area contributed by atoms with Gasteiger partial charge < -0.3 is 9.64 Å². The standard InChI is InChI=1S/C24H20F3NO2/c1-16-5-9-20(10-6-16)30-21-11-7-19(8-12-21)28-22(13-14-23(28)29)17-3-2-4-18(15-17)24(25,26)27/h2-12,15,22H,13-14H2,1H3. The third-order valence-corrected chi connectivity index (χ3v) is 5.18. The van der Waals surface area contributed by atoms with Crippen LogP contribution in [0.25, 0.3) is 0 Å². The predicted octanol–water partition coefficient (Wildman–Crippen LogP) is 6.67. The van der Waals surface area contributed by atoms with Gasteiger partial charge in [0.05, 0.1) is 11.6 Å². The molecule has 1 fully saturated rings. The number of hydrogen-bond acceptors (Lipinski definition) is 2. The molecule has 6 heteroatoms. The zero-order chi connectivity index (χ0) is 21.3. The van der Waals surface area contributed by atoms with E-state index in [1.807, 2.05) is 31.2 Å². The first kappa shape index (κ1) is 20.0. The molecule has 154 valence electrons. The fraction of sp³-hybridized carbons (Fsp3) is 0.208. The lowest BCUT2D eigenvalue weighted by Crippen LogP contribution is -2.27. The minimum atomic E-state index is -4.42. The molecule has 0 saturated carbocycles. The van der Waals surface area contributed by atoms with Crippen LogP contribution in [-0.4, -0.2) is 5.91 Å². The van der Waals surface area contributed by atoms with Crippen LogP contribution in [0.5, 0.6) is 11.5 Å². The Morgan fingerprint density at radius 2 is 1.57 bits per heavy atom. The number of ether oxygens (including phenoxy) is 1. The van der Waals surface area contributed by atoms with Gasteiger partial charge in [-0.15, -0.1) is 0 Å². The van der Waals surface area contributed by atoms with Gasteiger partial charge >= 0.3 is 6.18 Å². The zero-order valence-electron chi connectivity index (χ0n) is 16.3. The number of halogens is 3. The van der Waals surface area contributed by atoms with E-state index < -0.39 is 17.8 Å². The highest BCUT2D eigenvalue weighted by Gasteiger charge is 2.36. The number of carbonyl (C=O) groups excluding carboxylic acids is 1. The number of aryl methyl sites for hydroxylation is 1. The molecule has 1 aliphatic rings. The summed E-state index contributed by atoms with van der Waals surface area (Å²) in [4.78, 5) is 14.1. The monoisotopic (exact) mass is 411 g/mol. The quantitative estimate of drug-likeness (QED) is 0.480. The van der Waals surface area contributed by atoms with Gasteiger partial charge in [0.25, 0.3) is 0 Å². The number of nitrogens with zero attached hydrogens (tertiary/aromatic N) is 1. The largest absolute Gasteiger partial charge is 0.457 e. The highest BCUT2D eigenvalue weighted by molar-refractivity contribution is 5.96. The van der Waals surface area contributed by atoms with Gasteiger partial charge in [-0.3, -0.25) is 4.79 Å². The van der Waals surface area contributed by atoms with E-state index in [0.29, 0.717) is 35.6 Å². The summed E-state index contributed by atoms with van der Waals surface area (Å²) >= 11 is 0. The second-order valence-electron chi connectivity index (χ2n) is 7.35. The maximum absolute atomic E-state index is 13.1. The molecule has 1 unspecified atom stereocenters. The van der Waals surface area contributed by atoms with Gasteiger partial charge in [-0.2, -0.15) is 13.2 Å². The molecule has 4 rings (SSSR count). The van der Waals surface area contributed by atoms with E-state index in [4.69, 9.17) is 4.74 Å². The molecule has 1 saturated heterocycles. The number of alkyl halides is 3. The highest BCUT2D eigenvalue weighted by Crippen LogP contribution is 2.39. The van der Waals surface area contributed by atoms with E-state index in [0.717, 1.165) is 17.7 Å². The molecular formula is C24H20F3NO2. The Balaban J connectivity index is 1.57.